The number of hydrogen-bond acceptors (Lipinski definition) is 3. The SMILES string of the molecule is O=NCCCN1CCC1. The minimum absolute atomic E-state index is 0.483. The van der Waals surface area contributed by atoms with Gasteiger partial charge >= 0.3 is 0 Å². The van der Waals surface area contributed by atoms with Gasteiger partial charge in [0, 0.05) is 6.54 Å². The summed E-state index contributed by atoms with van der Waals surface area (Å²) >= 11 is 0. The van der Waals surface area contributed by atoms with Crippen LogP contribution in [0.1, 0.15) is 12.8 Å². The fourth-order valence-corrected chi connectivity index (χ4v) is 0.964. The molecule has 9 heavy (non-hydrogen) atoms. The minimum Gasteiger partial charge on any atom is -0.303 e. The van der Waals surface area contributed by atoms with Crippen LogP contribution >= 0.6 is 0 Å². The maximum absolute atomic E-state index is 9.62. The van der Waals surface area contributed by atoms with Gasteiger partial charge < -0.3 is 4.90 Å². The Bertz CT molecular complexity index is 91.1. The number of likely N-dealkylation sites (tertiary alicyclic amines) is 1. The van der Waals surface area contributed by atoms with E-state index in [1.165, 1.54) is 19.5 Å². The van der Waals surface area contributed by atoms with Gasteiger partial charge in [0.15, 0.2) is 0 Å². The Hall–Kier alpha value is -0.440. The average Bonchev–Trinajstić information content (AvgIpc) is 1.76. The monoisotopic (exact) mass is 128 g/mol. The molecule has 0 aliphatic carbocycles. The van der Waals surface area contributed by atoms with E-state index in [2.05, 4.69) is 10.1 Å². The largest absolute Gasteiger partial charge is 0.303 e. The van der Waals surface area contributed by atoms with E-state index in [0.29, 0.717) is 6.54 Å². The maximum atomic E-state index is 9.62. The first-order chi connectivity index (χ1) is 4.43. The number of rotatable bonds is 4. The molecule has 1 fully saturated rings. The highest BCUT2D eigenvalue weighted by molar-refractivity contribution is 4.67. The lowest BCUT2D eigenvalue weighted by molar-refractivity contribution is 0.180. The van der Waals surface area contributed by atoms with Crippen molar-refractivity contribution in [2.24, 2.45) is 5.18 Å². The Morgan fingerprint density at radius 3 is 2.67 bits per heavy atom. The van der Waals surface area contributed by atoms with Gasteiger partial charge in [0.25, 0.3) is 0 Å². The summed E-state index contributed by atoms with van der Waals surface area (Å²) in [6.45, 7) is 3.99. The highest BCUT2D eigenvalue weighted by atomic mass is 16.3. The molecule has 0 N–H and O–H groups in total. The molecule has 0 saturated carbocycles. The molecule has 1 heterocycles. The van der Waals surface area contributed by atoms with E-state index in [1.54, 1.807) is 0 Å². The fraction of sp³-hybridized carbons (Fsp3) is 1.00. The Kier molecular flexibility index (Phi) is 2.64. The molecular formula is C6H12N2O. The van der Waals surface area contributed by atoms with Gasteiger partial charge in [-0.05, 0) is 25.9 Å². The maximum Gasteiger partial charge on any atom is 0.0823 e. The van der Waals surface area contributed by atoms with Gasteiger partial charge in [-0.1, -0.05) is 5.18 Å². The van der Waals surface area contributed by atoms with Gasteiger partial charge in [0.2, 0.25) is 0 Å². The second kappa shape index (κ2) is 3.56. The summed E-state index contributed by atoms with van der Waals surface area (Å²) in [5.41, 5.74) is 0. The van der Waals surface area contributed by atoms with Crippen LogP contribution in [-0.2, 0) is 0 Å². The van der Waals surface area contributed by atoms with Gasteiger partial charge in [-0.15, -0.1) is 0 Å². The minimum atomic E-state index is 0.483. The fourth-order valence-electron chi connectivity index (χ4n) is 0.964. The third kappa shape index (κ3) is 2.10. The first-order valence-corrected chi connectivity index (χ1v) is 3.45. The number of nitroso groups, excluding NO2 is 1. The van der Waals surface area contributed by atoms with Crippen LogP contribution in [0.2, 0.25) is 0 Å². The van der Waals surface area contributed by atoms with Crippen LogP contribution in [0.5, 0.6) is 0 Å². The van der Waals surface area contributed by atoms with Gasteiger partial charge in [-0.25, -0.2) is 0 Å². The van der Waals surface area contributed by atoms with Crippen molar-refractivity contribution in [2.75, 3.05) is 26.2 Å². The van der Waals surface area contributed by atoms with Crippen LogP contribution in [0, 0.1) is 4.91 Å². The zero-order valence-corrected chi connectivity index (χ0v) is 5.55. The first-order valence-electron chi connectivity index (χ1n) is 3.45. The summed E-state index contributed by atoms with van der Waals surface area (Å²) in [5, 5.41) is 2.79. The molecule has 0 bridgehead atoms. The molecule has 0 atom stereocenters. The molecule has 1 aliphatic rings. The topological polar surface area (TPSA) is 32.7 Å². The Labute approximate surface area is 55.0 Å². The van der Waals surface area contributed by atoms with Gasteiger partial charge in [0.1, 0.15) is 0 Å². The Morgan fingerprint density at radius 2 is 2.22 bits per heavy atom. The molecule has 1 saturated heterocycles. The summed E-state index contributed by atoms with van der Waals surface area (Å²) in [6, 6.07) is 0. The van der Waals surface area contributed by atoms with Crippen LogP contribution in [0.4, 0.5) is 0 Å². The number of hydrogen-bond donors (Lipinski definition) is 0. The molecule has 0 aromatic rings. The van der Waals surface area contributed by atoms with E-state index >= 15 is 0 Å². The van der Waals surface area contributed by atoms with Crippen LogP contribution < -0.4 is 0 Å². The van der Waals surface area contributed by atoms with Gasteiger partial charge in [-0.2, -0.15) is 4.91 Å². The normalized spacial score (nSPS) is 19.1. The van der Waals surface area contributed by atoms with Crippen LogP contribution in [0.15, 0.2) is 5.18 Å². The number of nitrogens with zero attached hydrogens (tertiary/aromatic N) is 2. The third-order valence-corrected chi connectivity index (χ3v) is 1.67. The van der Waals surface area contributed by atoms with Crippen LogP contribution in [-0.4, -0.2) is 31.1 Å². The molecule has 0 unspecified atom stereocenters. The van der Waals surface area contributed by atoms with Crippen molar-refractivity contribution in [1.29, 1.82) is 0 Å². The standard InChI is InChI=1S/C6H12N2O/c9-7-3-1-4-8-5-2-6-8/h1-6H2. The Morgan fingerprint density at radius 1 is 1.44 bits per heavy atom. The molecule has 3 heteroatoms. The molecule has 0 amide bonds. The van der Waals surface area contributed by atoms with E-state index < -0.39 is 0 Å². The summed E-state index contributed by atoms with van der Waals surface area (Å²) in [5.74, 6) is 0. The predicted molar refractivity (Wildman–Crippen MR) is 36.3 cm³/mol. The second-order valence-electron chi connectivity index (χ2n) is 2.40. The summed E-state index contributed by atoms with van der Waals surface area (Å²) < 4.78 is 0. The molecule has 1 aliphatic heterocycles. The molecule has 1 rings (SSSR count). The van der Waals surface area contributed by atoms with E-state index in [4.69, 9.17) is 0 Å². The van der Waals surface area contributed by atoms with Crippen molar-refractivity contribution in [1.82, 2.24) is 4.90 Å². The van der Waals surface area contributed by atoms with Crippen molar-refractivity contribution < 1.29 is 0 Å². The van der Waals surface area contributed by atoms with E-state index in [1.807, 2.05) is 0 Å². The molecule has 0 aromatic heterocycles. The summed E-state index contributed by atoms with van der Waals surface area (Å²) in [4.78, 5) is 12.0. The van der Waals surface area contributed by atoms with Crippen molar-refractivity contribution in [3.05, 3.63) is 4.91 Å². The quantitative estimate of drug-likeness (QED) is 0.415. The van der Waals surface area contributed by atoms with Crippen molar-refractivity contribution in [3.8, 4) is 0 Å². The Balaban J connectivity index is 1.85. The molecule has 0 aromatic carbocycles. The highest BCUT2D eigenvalue weighted by Gasteiger charge is 2.11. The summed E-state index contributed by atoms with van der Waals surface area (Å²) in [7, 11) is 0. The first kappa shape index (κ1) is 6.68. The smallest absolute Gasteiger partial charge is 0.0823 e. The van der Waals surface area contributed by atoms with Gasteiger partial charge in [-0.3, -0.25) is 0 Å². The third-order valence-electron chi connectivity index (χ3n) is 1.67. The zero-order chi connectivity index (χ0) is 6.53. The lowest BCUT2D eigenvalue weighted by atomic mass is 10.2. The molecular weight excluding hydrogens is 116 g/mol. The van der Waals surface area contributed by atoms with Gasteiger partial charge in [0.05, 0.1) is 6.54 Å². The summed E-state index contributed by atoms with van der Waals surface area (Å²) in [6.07, 6.45) is 2.26. The molecule has 0 radical (unpaired) electrons. The average molecular weight is 128 g/mol. The van der Waals surface area contributed by atoms with E-state index in [0.717, 1.165) is 13.0 Å². The molecule has 3 nitrogen and oxygen atoms in total. The second-order valence-corrected chi connectivity index (χ2v) is 2.40. The van der Waals surface area contributed by atoms with E-state index in [9.17, 15) is 4.91 Å². The highest BCUT2D eigenvalue weighted by Crippen LogP contribution is 2.05. The van der Waals surface area contributed by atoms with Crippen LogP contribution in [0.25, 0.3) is 0 Å². The lowest BCUT2D eigenvalue weighted by Crippen LogP contribution is -2.37. The lowest BCUT2D eigenvalue weighted by Gasteiger charge is -2.30. The van der Waals surface area contributed by atoms with E-state index in [-0.39, 0.29) is 0 Å². The zero-order valence-electron chi connectivity index (χ0n) is 5.55. The van der Waals surface area contributed by atoms with Crippen molar-refractivity contribution in [2.45, 2.75) is 12.8 Å². The predicted octanol–water partition coefficient (Wildman–Crippen LogP) is 0.849. The molecule has 52 valence electrons. The van der Waals surface area contributed by atoms with Crippen molar-refractivity contribution >= 4 is 0 Å². The molecule has 0 spiro atoms. The van der Waals surface area contributed by atoms with Crippen molar-refractivity contribution in [3.63, 3.8) is 0 Å². The van der Waals surface area contributed by atoms with Crippen LogP contribution in [0.3, 0.4) is 0 Å².